The molecule has 2 aromatic carbocycles. The number of benzene rings is 2. The molecule has 0 radical (unpaired) electrons. The van der Waals surface area contributed by atoms with Gasteiger partial charge in [0.15, 0.2) is 8.32 Å². The Hall–Kier alpha value is -2.46. The van der Waals surface area contributed by atoms with Gasteiger partial charge in [0, 0.05) is 62.9 Å². The van der Waals surface area contributed by atoms with Crippen molar-refractivity contribution in [3.05, 3.63) is 42.5 Å². The third-order valence-corrected chi connectivity index (χ3v) is 14.3. The molecule has 1 fully saturated rings. The maximum absolute atomic E-state index is 11.6. The Labute approximate surface area is 258 Å². The number of nitrogens with zero attached hydrogens (tertiary/aromatic N) is 4. The fourth-order valence-electron chi connectivity index (χ4n) is 5.03. The minimum absolute atomic E-state index is 0.159. The summed E-state index contributed by atoms with van der Waals surface area (Å²) in [5, 5.41) is 1.42. The molecule has 1 aliphatic heterocycles. The van der Waals surface area contributed by atoms with Crippen molar-refractivity contribution in [2.24, 2.45) is 0 Å². The second-order valence-electron chi connectivity index (χ2n) is 12.8. The number of ether oxygens (including phenoxy) is 1. The number of likely N-dealkylation sites (N-methyl/N-ethyl adjacent to an activating group) is 1. The van der Waals surface area contributed by atoms with Crippen LogP contribution < -0.4 is 9.64 Å². The van der Waals surface area contributed by atoms with Gasteiger partial charge in [-0.3, -0.25) is 4.79 Å². The van der Waals surface area contributed by atoms with Gasteiger partial charge in [-0.1, -0.05) is 39.8 Å². The van der Waals surface area contributed by atoms with Crippen molar-refractivity contribution >= 4 is 41.5 Å². The quantitative estimate of drug-likeness (QED) is 0.152. The molecule has 0 N–H and O–H groups in total. The first kappa shape index (κ1) is 32.5. The number of piperazine rings is 1. The van der Waals surface area contributed by atoms with Crippen LogP contribution in [0, 0.1) is 0 Å². The van der Waals surface area contributed by atoms with Crippen molar-refractivity contribution < 1.29 is 14.0 Å². The molecule has 1 amide bonds. The fraction of sp³-hybridized carbons (Fsp3) is 0.576. The predicted molar refractivity (Wildman–Crippen MR) is 180 cm³/mol. The zero-order chi connectivity index (χ0) is 30.3. The molecule has 42 heavy (non-hydrogen) atoms. The number of anilines is 1. The largest absolute Gasteiger partial charge is 0.494 e. The SMILES string of the molecule is CCN(CCCCOc1ccc2c(-c3ccc(N4CCN(C(C)=O)CC4)cc3)nsc2c1)CCO[Si](C)(C)C(C)(C)C. The van der Waals surface area contributed by atoms with Crippen LogP contribution in [0.15, 0.2) is 42.5 Å². The van der Waals surface area contributed by atoms with E-state index in [1.807, 2.05) is 4.90 Å². The Kier molecular flexibility index (Phi) is 11.1. The first-order valence-corrected chi connectivity index (χ1v) is 19.2. The van der Waals surface area contributed by atoms with Crippen molar-refractivity contribution in [3.8, 4) is 17.0 Å². The Balaban J connectivity index is 1.22. The molecular weight excluding hydrogens is 561 g/mol. The van der Waals surface area contributed by atoms with Gasteiger partial charge in [0.25, 0.3) is 0 Å². The Morgan fingerprint density at radius 2 is 1.71 bits per heavy atom. The van der Waals surface area contributed by atoms with Crippen LogP contribution in [0.5, 0.6) is 5.75 Å². The third kappa shape index (κ3) is 8.33. The number of carbonyl (C=O) groups excluding carboxylic acids is 1. The van der Waals surface area contributed by atoms with Gasteiger partial charge in [0.2, 0.25) is 5.91 Å². The molecule has 230 valence electrons. The topological polar surface area (TPSA) is 58.1 Å². The van der Waals surface area contributed by atoms with E-state index in [9.17, 15) is 4.79 Å². The number of fused-ring (bicyclic) bond motifs is 1. The Morgan fingerprint density at radius 3 is 2.36 bits per heavy atom. The summed E-state index contributed by atoms with van der Waals surface area (Å²) in [5.41, 5.74) is 3.33. The zero-order valence-electron chi connectivity index (χ0n) is 26.7. The standard InChI is InChI=1S/C33H50N4O3SSi/c1-8-35(22-24-40-42(6,7)33(3,4)5)17-9-10-23-39-29-15-16-30-31(25-29)41-34-32(30)27-11-13-28(14-12-27)37-20-18-36(19-21-37)26(2)38/h11-16,25H,8-10,17-24H2,1-7H3. The lowest BCUT2D eigenvalue weighted by Crippen LogP contribution is -2.48. The first-order chi connectivity index (χ1) is 20.0. The van der Waals surface area contributed by atoms with Gasteiger partial charge in [-0.2, -0.15) is 4.37 Å². The van der Waals surface area contributed by atoms with Crippen LogP contribution in [0.3, 0.4) is 0 Å². The van der Waals surface area contributed by atoms with Crippen molar-refractivity contribution in [3.63, 3.8) is 0 Å². The van der Waals surface area contributed by atoms with Crippen molar-refractivity contribution in [1.82, 2.24) is 14.2 Å². The fourth-order valence-corrected chi connectivity index (χ4v) is 6.89. The van der Waals surface area contributed by atoms with Gasteiger partial charge >= 0.3 is 0 Å². The average Bonchev–Trinajstić information content (AvgIpc) is 3.39. The summed E-state index contributed by atoms with van der Waals surface area (Å²) in [7, 11) is -1.68. The van der Waals surface area contributed by atoms with Gasteiger partial charge < -0.3 is 23.9 Å². The van der Waals surface area contributed by atoms with E-state index in [0.29, 0.717) is 0 Å². The Bertz CT molecular complexity index is 1300. The van der Waals surface area contributed by atoms with Crippen molar-refractivity contribution in [2.75, 3.05) is 63.9 Å². The normalized spacial score (nSPS) is 14.7. The number of unbranched alkanes of at least 4 members (excludes halogenated alkanes) is 1. The summed E-state index contributed by atoms with van der Waals surface area (Å²) >= 11 is 1.53. The second-order valence-corrected chi connectivity index (χ2v) is 18.4. The second kappa shape index (κ2) is 14.3. The van der Waals surface area contributed by atoms with Gasteiger partial charge in [-0.25, -0.2) is 0 Å². The predicted octanol–water partition coefficient (Wildman–Crippen LogP) is 7.13. The van der Waals surface area contributed by atoms with E-state index in [1.165, 1.54) is 17.2 Å². The molecule has 2 heterocycles. The molecule has 3 aromatic rings. The maximum Gasteiger partial charge on any atom is 0.219 e. The number of rotatable bonds is 13. The molecule has 1 aromatic heterocycles. The average molecular weight is 611 g/mol. The summed E-state index contributed by atoms with van der Waals surface area (Å²) in [6.07, 6.45) is 2.14. The molecule has 1 aliphatic rings. The minimum Gasteiger partial charge on any atom is -0.494 e. The number of amides is 1. The number of hydrogen-bond acceptors (Lipinski definition) is 7. The van der Waals surface area contributed by atoms with Crippen molar-refractivity contribution in [1.29, 1.82) is 0 Å². The highest BCUT2D eigenvalue weighted by Gasteiger charge is 2.36. The van der Waals surface area contributed by atoms with E-state index in [1.54, 1.807) is 6.92 Å². The summed E-state index contributed by atoms with van der Waals surface area (Å²) in [4.78, 5) is 18.4. The highest BCUT2D eigenvalue weighted by atomic mass is 32.1. The van der Waals surface area contributed by atoms with E-state index < -0.39 is 8.32 Å². The molecule has 0 spiro atoms. The van der Waals surface area contributed by atoms with Crippen molar-refractivity contribution in [2.45, 2.75) is 65.6 Å². The molecule has 0 bridgehead atoms. The molecule has 0 atom stereocenters. The summed E-state index contributed by atoms with van der Waals surface area (Å²) in [6.45, 7) is 23.4. The van der Waals surface area contributed by atoms with Gasteiger partial charge in [-0.15, -0.1) is 0 Å². The molecule has 4 rings (SSSR count). The van der Waals surface area contributed by atoms with E-state index >= 15 is 0 Å². The van der Waals surface area contributed by atoms with Crippen LogP contribution in [0.25, 0.3) is 21.3 Å². The molecule has 0 aliphatic carbocycles. The number of hydrogen-bond donors (Lipinski definition) is 0. The molecule has 7 nitrogen and oxygen atoms in total. The van der Waals surface area contributed by atoms with Crippen LogP contribution in [-0.2, 0) is 9.22 Å². The monoisotopic (exact) mass is 610 g/mol. The van der Waals surface area contributed by atoms with Crippen LogP contribution in [-0.4, -0.2) is 87.4 Å². The number of aromatic nitrogens is 1. The maximum atomic E-state index is 11.6. The minimum atomic E-state index is -1.68. The highest BCUT2D eigenvalue weighted by Crippen LogP contribution is 2.36. The van der Waals surface area contributed by atoms with Gasteiger partial charge in [0.05, 0.1) is 17.0 Å². The molecular formula is C33H50N4O3SSi. The summed E-state index contributed by atoms with van der Waals surface area (Å²) in [6, 6.07) is 15.0. The molecule has 0 unspecified atom stereocenters. The lowest BCUT2D eigenvalue weighted by atomic mass is 10.1. The van der Waals surface area contributed by atoms with Gasteiger partial charge in [0.1, 0.15) is 5.75 Å². The smallest absolute Gasteiger partial charge is 0.219 e. The zero-order valence-corrected chi connectivity index (χ0v) is 28.6. The third-order valence-electron chi connectivity index (χ3n) is 8.94. The lowest BCUT2D eigenvalue weighted by Gasteiger charge is -2.36. The Morgan fingerprint density at radius 1 is 1.00 bits per heavy atom. The first-order valence-electron chi connectivity index (χ1n) is 15.5. The van der Waals surface area contributed by atoms with E-state index in [4.69, 9.17) is 13.5 Å². The van der Waals surface area contributed by atoms with Gasteiger partial charge in [-0.05, 0) is 85.9 Å². The van der Waals surface area contributed by atoms with E-state index in [2.05, 4.69) is 93.1 Å². The molecule has 9 heteroatoms. The van der Waals surface area contributed by atoms with E-state index in [-0.39, 0.29) is 10.9 Å². The van der Waals surface area contributed by atoms with E-state index in [0.717, 1.165) is 99.0 Å². The highest BCUT2D eigenvalue weighted by molar-refractivity contribution is 7.13. The van der Waals surface area contributed by atoms with Crippen LogP contribution in [0.4, 0.5) is 5.69 Å². The lowest BCUT2D eigenvalue weighted by molar-refractivity contribution is -0.129. The van der Waals surface area contributed by atoms with Crippen LogP contribution >= 0.6 is 11.5 Å². The molecule has 0 saturated carbocycles. The van der Waals surface area contributed by atoms with Crippen LogP contribution in [0.2, 0.25) is 18.1 Å². The van der Waals surface area contributed by atoms with Crippen LogP contribution in [0.1, 0.15) is 47.5 Å². The number of carbonyl (C=O) groups is 1. The summed E-state index contributed by atoms with van der Waals surface area (Å²) in [5.74, 6) is 1.07. The summed E-state index contributed by atoms with van der Waals surface area (Å²) < 4.78 is 18.4. The molecule has 1 saturated heterocycles.